The smallest absolute Gasteiger partial charge is 0.0204 e. The van der Waals surface area contributed by atoms with Crippen molar-refractivity contribution in [2.24, 2.45) is 0 Å². The topological polar surface area (TPSA) is 0 Å². The van der Waals surface area contributed by atoms with Crippen molar-refractivity contribution in [3.63, 3.8) is 0 Å². The van der Waals surface area contributed by atoms with E-state index in [-0.39, 0.29) is 0 Å². The van der Waals surface area contributed by atoms with Crippen LogP contribution in [0.3, 0.4) is 0 Å². The van der Waals surface area contributed by atoms with Crippen LogP contribution in [-0.2, 0) is 0 Å². The van der Waals surface area contributed by atoms with E-state index < -0.39 is 0 Å². The lowest BCUT2D eigenvalue weighted by molar-refractivity contribution is 0.508. The molecule has 86 valence electrons. The Kier molecular flexibility index (Phi) is 3.34. The van der Waals surface area contributed by atoms with E-state index in [2.05, 4.69) is 0 Å². The second-order valence-corrected chi connectivity index (χ2v) is 8.99. The summed E-state index contributed by atoms with van der Waals surface area (Å²) in [5.41, 5.74) is 3.65. The highest BCUT2D eigenvalue weighted by Gasteiger charge is 2.40. The molecule has 1 saturated carbocycles. The second-order valence-electron chi connectivity index (χ2n) is 5.91. The third-order valence-electron chi connectivity index (χ3n) is 5.00. The van der Waals surface area contributed by atoms with Gasteiger partial charge in [-0.25, -0.2) is 0 Å². The molecule has 1 aliphatic carbocycles. The van der Waals surface area contributed by atoms with Crippen LogP contribution in [0.1, 0.15) is 70.6 Å². The van der Waals surface area contributed by atoms with Gasteiger partial charge in [-0.2, -0.15) is 0 Å². The van der Waals surface area contributed by atoms with Crippen molar-refractivity contribution >= 4 is 7.92 Å². The van der Waals surface area contributed by atoms with Gasteiger partial charge in [-0.3, -0.25) is 0 Å². The Morgan fingerprint density at radius 2 is 0.867 bits per heavy atom. The molecule has 15 heavy (non-hydrogen) atoms. The fraction of sp³-hybridized carbons (Fsp3) is 1.00. The molecular weight excluding hydrogens is 199 g/mol. The molecule has 0 radical (unpaired) electrons. The molecule has 0 aromatic heterocycles. The van der Waals surface area contributed by atoms with Crippen LogP contribution >= 0.6 is 7.92 Å². The van der Waals surface area contributed by atoms with E-state index in [1.807, 2.05) is 0 Å². The van der Waals surface area contributed by atoms with Crippen LogP contribution in [0.4, 0.5) is 0 Å². The minimum Gasteiger partial charge on any atom is -0.0971 e. The van der Waals surface area contributed by atoms with E-state index in [1.54, 1.807) is 64.2 Å². The van der Waals surface area contributed by atoms with Crippen LogP contribution < -0.4 is 0 Å². The van der Waals surface area contributed by atoms with Crippen molar-refractivity contribution in [3.05, 3.63) is 0 Å². The first-order chi connectivity index (χ1) is 7.45. The lowest BCUT2D eigenvalue weighted by Crippen LogP contribution is -2.18. The van der Waals surface area contributed by atoms with Crippen molar-refractivity contribution < 1.29 is 0 Å². The van der Waals surface area contributed by atoms with Crippen molar-refractivity contribution in [1.29, 1.82) is 0 Å². The van der Waals surface area contributed by atoms with Gasteiger partial charge in [0.15, 0.2) is 0 Å². The quantitative estimate of drug-likeness (QED) is 0.555. The van der Waals surface area contributed by atoms with Gasteiger partial charge < -0.3 is 0 Å². The standard InChI is InChI=1S/C14H25P/c1-2-6-12(7-3-1)15-13-8-4-5-9-14(15)11-10-13/h12-14H,1-11H2/t13-,14+,15?. The predicted molar refractivity (Wildman–Crippen MR) is 69.1 cm³/mol. The molecule has 1 unspecified atom stereocenters. The number of rotatable bonds is 1. The summed E-state index contributed by atoms with van der Waals surface area (Å²) in [7, 11) is 0.472. The summed E-state index contributed by atoms with van der Waals surface area (Å²) in [5.74, 6) is 0. The zero-order valence-corrected chi connectivity index (χ0v) is 10.9. The predicted octanol–water partition coefficient (Wildman–Crippen LogP) is 4.91. The summed E-state index contributed by atoms with van der Waals surface area (Å²) in [6.45, 7) is 0. The molecule has 0 N–H and O–H groups in total. The summed E-state index contributed by atoms with van der Waals surface area (Å²) < 4.78 is 0. The molecule has 3 rings (SSSR count). The Bertz CT molecular complexity index is 193. The van der Waals surface area contributed by atoms with E-state index in [0.717, 1.165) is 0 Å². The van der Waals surface area contributed by atoms with E-state index >= 15 is 0 Å². The monoisotopic (exact) mass is 224 g/mol. The summed E-state index contributed by atoms with van der Waals surface area (Å²) >= 11 is 0. The zero-order chi connectivity index (χ0) is 10.1. The highest BCUT2D eigenvalue weighted by molar-refractivity contribution is 7.60. The van der Waals surface area contributed by atoms with Gasteiger partial charge in [0.25, 0.3) is 0 Å². The molecule has 3 atom stereocenters. The van der Waals surface area contributed by atoms with Gasteiger partial charge in [-0.05, 0) is 55.5 Å². The summed E-state index contributed by atoms with van der Waals surface area (Å²) in [6, 6.07) is 0. The lowest BCUT2D eigenvalue weighted by Gasteiger charge is -2.34. The van der Waals surface area contributed by atoms with Gasteiger partial charge in [-0.1, -0.05) is 40.0 Å². The van der Waals surface area contributed by atoms with E-state index in [0.29, 0.717) is 7.92 Å². The largest absolute Gasteiger partial charge is 0.0971 e. The molecule has 3 fully saturated rings. The number of hydrogen-bond acceptors (Lipinski definition) is 0. The fourth-order valence-corrected chi connectivity index (χ4v) is 8.91. The minimum atomic E-state index is 0.472. The Morgan fingerprint density at radius 1 is 0.467 bits per heavy atom. The summed E-state index contributed by atoms with van der Waals surface area (Å²) in [4.78, 5) is 0. The minimum absolute atomic E-state index is 0.472. The zero-order valence-electron chi connectivity index (χ0n) is 9.96. The first-order valence-corrected chi connectivity index (χ1v) is 8.77. The molecule has 1 heteroatoms. The van der Waals surface area contributed by atoms with Crippen LogP contribution in [-0.4, -0.2) is 17.0 Å². The summed E-state index contributed by atoms with van der Waals surface area (Å²) in [6.07, 6.45) is 17.5. The lowest BCUT2D eigenvalue weighted by atomic mass is 10.0. The average Bonchev–Trinajstić information content (AvgIpc) is 2.53. The van der Waals surface area contributed by atoms with Gasteiger partial charge >= 0.3 is 0 Å². The fourth-order valence-electron chi connectivity index (χ4n) is 4.30. The Labute approximate surface area is 96.0 Å². The van der Waals surface area contributed by atoms with Crippen LogP contribution in [0.5, 0.6) is 0 Å². The van der Waals surface area contributed by atoms with Crippen molar-refractivity contribution in [2.45, 2.75) is 87.6 Å². The van der Waals surface area contributed by atoms with Crippen molar-refractivity contribution in [2.75, 3.05) is 0 Å². The third-order valence-corrected chi connectivity index (χ3v) is 9.08. The maximum absolute atomic E-state index is 1.62. The van der Waals surface area contributed by atoms with Gasteiger partial charge in [0.2, 0.25) is 0 Å². The number of fused-ring (bicyclic) bond motifs is 2. The SMILES string of the molecule is C1CCC(P2[C@@H]3CCCC[C@H]2CC3)CC1. The van der Waals surface area contributed by atoms with Crippen molar-refractivity contribution in [1.82, 2.24) is 0 Å². The molecule has 2 aliphatic heterocycles. The van der Waals surface area contributed by atoms with E-state index in [4.69, 9.17) is 0 Å². The van der Waals surface area contributed by atoms with Crippen LogP contribution in [0.15, 0.2) is 0 Å². The highest BCUT2D eigenvalue weighted by Crippen LogP contribution is 2.65. The molecule has 0 nitrogen and oxygen atoms in total. The van der Waals surface area contributed by atoms with Gasteiger partial charge in [-0.15, -0.1) is 0 Å². The highest BCUT2D eigenvalue weighted by atomic mass is 31.1. The summed E-state index contributed by atoms with van der Waals surface area (Å²) in [5, 5.41) is 0. The molecule has 0 aromatic carbocycles. The Morgan fingerprint density at radius 3 is 1.40 bits per heavy atom. The Hall–Kier alpha value is 0.430. The molecule has 2 saturated heterocycles. The van der Waals surface area contributed by atoms with Crippen molar-refractivity contribution in [3.8, 4) is 0 Å². The van der Waals surface area contributed by atoms with Crippen LogP contribution in [0.25, 0.3) is 0 Å². The molecule has 0 aromatic rings. The molecule has 2 bridgehead atoms. The van der Waals surface area contributed by atoms with Gasteiger partial charge in [0, 0.05) is 0 Å². The first-order valence-electron chi connectivity index (χ1n) is 7.22. The van der Waals surface area contributed by atoms with Crippen LogP contribution in [0, 0.1) is 0 Å². The Balaban J connectivity index is 1.72. The third kappa shape index (κ3) is 2.12. The molecular formula is C14H25P. The van der Waals surface area contributed by atoms with Crippen LogP contribution in [0.2, 0.25) is 0 Å². The molecule has 3 aliphatic rings. The molecule has 0 spiro atoms. The van der Waals surface area contributed by atoms with Gasteiger partial charge in [0.1, 0.15) is 0 Å². The second kappa shape index (κ2) is 4.74. The van der Waals surface area contributed by atoms with E-state index in [1.165, 1.54) is 23.4 Å². The first kappa shape index (κ1) is 10.6. The van der Waals surface area contributed by atoms with Gasteiger partial charge in [0.05, 0.1) is 0 Å². The maximum atomic E-state index is 1.62. The normalized spacial score (nSPS) is 42.8. The molecule has 0 amide bonds. The average molecular weight is 224 g/mol. The number of hydrogen-bond donors (Lipinski definition) is 0. The molecule has 2 heterocycles. The maximum Gasteiger partial charge on any atom is -0.0204 e. The van der Waals surface area contributed by atoms with E-state index in [9.17, 15) is 0 Å².